The van der Waals surface area contributed by atoms with Gasteiger partial charge in [-0.1, -0.05) is 31.3 Å². The molecule has 0 radical (unpaired) electrons. The molecule has 1 aromatic rings. The van der Waals surface area contributed by atoms with Crippen LogP contribution in [0.5, 0.6) is 0 Å². The van der Waals surface area contributed by atoms with Crippen LogP contribution in [0, 0.1) is 5.92 Å². The smallest absolute Gasteiger partial charge is 0.226 e. The molecular formula is C16H28N4O. The van der Waals surface area contributed by atoms with Crippen molar-refractivity contribution in [2.45, 2.75) is 57.9 Å². The maximum absolute atomic E-state index is 5.54. The van der Waals surface area contributed by atoms with Gasteiger partial charge in [0.2, 0.25) is 5.89 Å². The topological polar surface area (TPSA) is 54.2 Å². The van der Waals surface area contributed by atoms with E-state index in [-0.39, 0.29) is 0 Å². The zero-order chi connectivity index (χ0) is 14.5. The minimum absolute atomic E-state index is 0.316. The summed E-state index contributed by atoms with van der Waals surface area (Å²) >= 11 is 0. The Bertz CT molecular complexity index is 422. The van der Waals surface area contributed by atoms with Crippen LogP contribution in [0.1, 0.15) is 63.2 Å². The number of aromatic nitrogens is 2. The molecule has 1 aliphatic carbocycles. The van der Waals surface area contributed by atoms with E-state index >= 15 is 0 Å². The van der Waals surface area contributed by atoms with Gasteiger partial charge in [-0.25, -0.2) is 0 Å². The third-order valence-corrected chi connectivity index (χ3v) is 4.95. The number of rotatable bonds is 5. The highest BCUT2D eigenvalue weighted by Gasteiger charge is 2.25. The second-order valence-electron chi connectivity index (χ2n) is 6.46. The van der Waals surface area contributed by atoms with Gasteiger partial charge in [0.15, 0.2) is 5.82 Å². The van der Waals surface area contributed by atoms with Gasteiger partial charge in [-0.05, 0) is 25.2 Å². The molecule has 0 amide bonds. The average Bonchev–Trinajstić information content (AvgIpc) is 2.98. The van der Waals surface area contributed by atoms with Crippen molar-refractivity contribution < 1.29 is 4.52 Å². The molecule has 0 spiro atoms. The maximum Gasteiger partial charge on any atom is 0.226 e. The molecule has 1 aromatic heterocycles. The average molecular weight is 292 g/mol. The van der Waals surface area contributed by atoms with Gasteiger partial charge in [0.05, 0.1) is 6.04 Å². The molecule has 1 aliphatic heterocycles. The van der Waals surface area contributed by atoms with Crippen LogP contribution in [0.2, 0.25) is 0 Å². The fourth-order valence-electron chi connectivity index (χ4n) is 3.72. The second kappa shape index (κ2) is 7.36. The summed E-state index contributed by atoms with van der Waals surface area (Å²) < 4.78 is 5.54. The van der Waals surface area contributed by atoms with Crippen LogP contribution in [0.4, 0.5) is 0 Å². The van der Waals surface area contributed by atoms with Crippen LogP contribution in [0.15, 0.2) is 4.52 Å². The summed E-state index contributed by atoms with van der Waals surface area (Å²) in [6, 6.07) is 0.316. The van der Waals surface area contributed by atoms with Gasteiger partial charge in [0.1, 0.15) is 0 Å². The molecule has 21 heavy (non-hydrogen) atoms. The number of nitrogens with one attached hydrogen (secondary N) is 1. The quantitative estimate of drug-likeness (QED) is 0.904. The Morgan fingerprint density at radius 3 is 2.71 bits per heavy atom. The predicted octanol–water partition coefficient (Wildman–Crippen LogP) is 2.55. The third kappa shape index (κ3) is 3.83. The van der Waals surface area contributed by atoms with Crippen molar-refractivity contribution in [3.05, 3.63) is 11.7 Å². The number of piperazine rings is 1. The molecule has 1 N–H and O–H groups in total. The van der Waals surface area contributed by atoms with Crippen LogP contribution in [0.25, 0.3) is 0 Å². The molecule has 2 aliphatic rings. The molecule has 5 heteroatoms. The Morgan fingerprint density at radius 1 is 1.24 bits per heavy atom. The van der Waals surface area contributed by atoms with Crippen LogP contribution >= 0.6 is 0 Å². The third-order valence-electron chi connectivity index (χ3n) is 4.95. The van der Waals surface area contributed by atoms with Crippen LogP contribution in [0.3, 0.4) is 0 Å². The first-order chi connectivity index (χ1) is 10.4. The SMILES string of the molecule is CCC(c1noc(CC2CCCCC2)n1)N1CCNCC1. The number of hydrogen-bond acceptors (Lipinski definition) is 5. The summed E-state index contributed by atoms with van der Waals surface area (Å²) in [5.74, 6) is 2.50. The first-order valence-corrected chi connectivity index (χ1v) is 8.64. The lowest BCUT2D eigenvalue weighted by atomic mass is 9.87. The summed E-state index contributed by atoms with van der Waals surface area (Å²) in [6.07, 6.45) is 8.80. The lowest BCUT2D eigenvalue weighted by Gasteiger charge is -2.32. The second-order valence-corrected chi connectivity index (χ2v) is 6.46. The van der Waals surface area contributed by atoms with Gasteiger partial charge in [0, 0.05) is 32.6 Å². The molecule has 1 saturated carbocycles. The molecule has 0 bridgehead atoms. The summed E-state index contributed by atoms with van der Waals surface area (Å²) in [5.41, 5.74) is 0. The Balaban J connectivity index is 1.61. The molecule has 1 atom stereocenters. The van der Waals surface area contributed by atoms with Gasteiger partial charge < -0.3 is 9.84 Å². The zero-order valence-corrected chi connectivity index (χ0v) is 13.2. The Hall–Kier alpha value is -0.940. The Labute approximate surface area is 127 Å². The highest BCUT2D eigenvalue weighted by atomic mass is 16.5. The highest BCUT2D eigenvalue weighted by molar-refractivity contribution is 4.97. The van der Waals surface area contributed by atoms with E-state index in [1.165, 1.54) is 32.1 Å². The molecule has 118 valence electrons. The summed E-state index contributed by atoms with van der Waals surface area (Å²) in [4.78, 5) is 7.19. The van der Waals surface area contributed by atoms with Crippen molar-refractivity contribution in [2.24, 2.45) is 5.92 Å². The summed E-state index contributed by atoms with van der Waals surface area (Å²) in [7, 11) is 0. The molecule has 1 unspecified atom stereocenters. The first kappa shape index (κ1) is 15.0. The van der Waals surface area contributed by atoms with E-state index in [2.05, 4.69) is 22.3 Å². The van der Waals surface area contributed by atoms with Crippen molar-refractivity contribution in [1.82, 2.24) is 20.4 Å². The fourth-order valence-corrected chi connectivity index (χ4v) is 3.72. The lowest BCUT2D eigenvalue weighted by Crippen LogP contribution is -2.45. The van der Waals surface area contributed by atoms with Crippen molar-refractivity contribution in [2.75, 3.05) is 26.2 Å². The van der Waals surface area contributed by atoms with Crippen LogP contribution in [-0.2, 0) is 6.42 Å². The fraction of sp³-hybridized carbons (Fsp3) is 0.875. The van der Waals surface area contributed by atoms with Crippen molar-refractivity contribution in [3.8, 4) is 0 Å². The van der Waals surface area contributed by atoms with Crippen molar-refractivity contribution >= 4 is 0 Å². The van der Waals surface area contributed by atoms with Crippen LogP contribution in [-0.4, -0.2) is 41.2 Å². The van der Waals surface area contributed by atoms with Gasteiger partial charge in [-0.15, -0.1) is 0 Å². The van der Waals surface area contributed by atoms with E-state index in [1.54, 1.807) is 0 Å². The van der Waals surface area contributed by atoms with E-state index < -0.39 is 0 Å². The molecular weight excluding hydrogens is 264 g/mol. The molecule has 1 saturated heterocycles. The molecule has 0 aromatic carbocycles. The zero-order valence-electron chi connectivity index (χ0n) is 13.2. The standard InChI is InChI=1S/C16H28N4O/c1-2-14(20-10-8-17-9-11-20)16-18-15(21-19-16)12-13-6-4-3-5-7-13/h13-14,17H,2-12H2,1H3. The molecule has 2 heterocycles. The molecule has 2 fully saturated rings. The van der Waals surface area contributed by atoms with Gasteiger partial charge in [0.25, 0.3) is 0 Å². The summed E-state index contributed by atoms with van der Waals surface area (Å²) in [5, 5.41) is 7.68. The van der Waals surface area contributed by atoms with E-state index in [0.717, 1.165) is 56.7 Å². The largest absolute Gasteiger partial charge is 0.339 e. The van der Waals surface area contributed by atoms with E-state index in [1.807, 2.05) is 0 Å². The number of hydrogen-bond donors (Lipinski definition) is 1. The van der Waals surface area contributed by atoms with Gasteiger partial charge >= 0.3 is 0 Å². The van der Waals surface area contributed by atoms with E-state index in [0.29, 0.717) is 6.04 Å². The first-order valence-electron chi connectivity index (χ1n) is 8.64. The summed E-state index contributed by atoms with van der Waals surface area (Å²) in [6.45, 7) is 6.48. The Morgan fingerprint density at radius 2 is 2.00 bits per heavy atom. The van der Waals surface area contributed by atoms with E-state index in [4.69, 9.17) is 9.51 Å². The monoisotopic (exact) mass is 292 g/mol. The van der Waals surface area contributed by atoms with Crippen molar-refractivity contribution in [3.63, 3.8) is 0 Å². The highest BCUT2D eigenvalue weighted by Crippen LogP contribution is 2.27. The Kier molecular flexibility index (Phi) is 5.25. The van der Waals surface area contributed by atoms with Crippen LogP contribution < -0.4 is 5.32 Å². The van der Waals surface area contributed by atoms with Gasteiger partial charge in [-0.3, -0.25) is 4.90 Å². The van der Waals surface area contributed by atoms with E-state index in [9.17, 15) is 0 Å². The van der Waals surface area contributed by atoms with Crippen molar-refractivity contribution in [1.29, 1.82) is 0 Å². The minimum atomic E-state index is 0.316. The van der Waals surface area contributed by atoms with Gasteiger partial charge in [-0.2, -0.15) is 4.98 Å². The molecule has 3 rings (SSSR count). The predicted molar refractivity (Wildman–Crippen MR) is 82.1 cm³/mol. The lowest BCUT2D eigenvalue weighted by molar-refractivity contribution is 0.160. The molecule has 5 nitrogen and oxygen atoms in total. The number of nitrogens with zero attached hydrogens (tertiary/aromatic N) is 3. The minimum Gasteiger partial charge on any atom is -0.339 e. The maximum atomic E-state index is 5.54. The normalized spacial score (nSPS) is 23.3.